The molecular weight excluding hydrogens is 310 g/mol. The Labute approximate surface area is 121 Å². The van der Waals surface area contributed by atoms with Gasteiger partial charge in [-0.1, -0.05) is 22.4 Å². The van der Waals surface area contributed by atoms with Gasteiger partial charge in [0.25, 0.3) is 0 Å². The minimum absolute atomic E-state index is 0.00480. The van der Waals surface area contributed by atoms with Crippen LogP contribution in [0.3, 0.4) is 0 Å². The monoisotopic (exact) mass is 327 g/mol. The number of carbonyl (C=O) groups excluding carboxylic acids is 2. The van der Waals surface area contributed by atoms with Gasteiger partial charge >= 0.3 is 6.03 Å². The summed E-state index contributed by atoms with van der Waals surface area (Å²) in [5.41, 5.74) is 5.73. The lowest BCUT2D eigenvalue weighted by Crippen LogP contribution is -2.29. The van der Waals surface area contributed by atoms with Crippen molar-refractivity contribution in [3.05, 3.63) is 28.7 Å². The Bertz CT molecular complexity index is 420. The average Bonchev–Trinajstić information content (AvgIpc) is 2.36. The molecule has 6 heteroatoms. The maximum absolute atomic E-state index is 11.6. The first-order valence-corrected chi connectivity index (χ1v) is 6.96. The molecule has 0 aliphatic carbocycles. The molecule has 19 heavy (non-hydrogen) atoms. The van der Waals surface area contributed by atoms with Crippen LogP contribution in [0.1, 0.15) is 25.7 Å². The van der Waals surface area contributed by atoms with Crippen molar-refractivity contribution in [1.82, 2.24) is 5.32 Å². The zero-order valence-electron chi connectivity index (χ0n) is 10.6. The van der Waals surface area contributed by atoms with Crippen LogP contribution in [0.2, 0.25) is 0 Å². The van der Waals surface area contributed by atoms with Gasteiger partial charge in [-0.3, -0.25) is 4.79 Å². The van der Waals surface area contributed by atoms with Crippen molar-refractivity contribution in [2.75, 3.05) is 11.9 Å². The van der Waals surface area contributed by atoms with Crippen LogP contribution < -0.4 is 16.4 Å². The van der Waals surface area contributed by atoms with Crippen molar-refractivity contribution in [2.45, 2.75) is 25.7 Å². The Balaban J connectivity index is 2.11. The van der Waals surface area contributed by atoms with Crippen molar-refractivity contribution < 1.29 is 9.59 Å². The zero-order chi connectivity index (χ0) is 14.1. The van der Waals surface area contributed by atoms with Gasteiger partial charge in [0.05, 0.1) is 0 Å². The number of unbranched alkanes of at least 4 members (excludes halogenated alkanes) is 2. The van der Waals surface area contributed by atoms with E-state index < -0.39 is 6.03 Å². The first-order chi connectivity index (χ1) is 9.08. The van der Waals surface area contributed by atoms with Crippen LogP contribution in [0.15, 0.2) is 28.7 Å². The highest BCUT2D eigenvalue weighted by atomic mass is 79.9. The molecular formula is C13H18BrN3O2. The van der Waals surface area contributed by atoms with Gasteiger partial charge in [0.1, 0.15) is 0 Å². The number of carbonyl (C=O) groups is 2. The Morgan fingerprint density at radius 2 is 1.79 bits per heavy atom. The molecule has 0 bridgehead atoms. The molecule has 0 saturated heterocycles. The summed E-state index contributed by atoms with van der Waals surface area (Å²) in [5.74, 6) is 0.00480. The second-order valence-corrected chi connectivity index (χ2v) is 5.07. The van der Waals surface area contributed by atoms with E-state index in [1.165, 1.54) is 0 Å². The number of amides is 3. The molecule has 3 amide bonds. The number of primary amides is 1. The third-order valence-electron chi connectivity index (χ3n) is 2.51. The summed E-state index contributed by atoms with van der Waals surface area (Å²) < 4.78 is 0.979. The summed E-state index contributed by atoms with van der Waals surface area (Å²) >= 11 is 3.34. The molecule has 1 rings (SSSR count). The topological polar surface area (TPSA) is 84.2 Å². The summed E-state index contributed by atoms with van der Waals surface area (Å²) in [4.78, 5) is 22.0. The molecule has 0 heterocycles. The fraction of sp³-hybridized carbons (Fsp3) is 0.385. The molecule has 0 aliphatic heterocycles. The Morgan fingerprint density at radius 3 is 2.42 bits per heavy atom. The number of benzene rings is 1. The number of nitrogens with one attached hydrogen (secondary N) is 2. The van der Waals surface area contributed by atoms with Crippen LogP contribution in [0, 0.1) is 0 Å². The van der Waals surface area contributed by atoms with Gasteiger partial charge in [-0.25, -0.2) is 4.79 Å². The van der Waals surface area contributed by atoms with Crippen molar-refractivity contribution in [3.8, 4) is 0 Å². The van der Waals surface area contributed by atoms with E-state index in [2.05, 4.69) is 26.6 Å². The number of anilines is 1. The lowest BCUT2D eigenvalue weighted by molar-refractivity contribution is -0.116. The van der Waals surface area contributed by atoms with Gasteiger partial charge in [0, 0.05) is 23.1 Å². The normalized spacial score (nSPS) is 9.95. The zero-order valence-corrected chi connectivity index (χ0v) is 12.2. The fourth-order valence-corrected chi connectivity index (χ4v) is 1.82. The summed E-state index contributed by atoms with van der Waals surface area (Å²) in [7, 11) is 0. The van der Waals surface area contributed by atoms with Crippen molar-refractivity contribution in [3.63, 3.8) is 0 Å². The van der Waals surface area contributed by atoms with Gasteiger partial charge in [0.2, 0.25) is 5.91 Å². The van der Waals surface area contributed by atoms with E-state index in [1.54, 1.807) is 0 Å². The minimum Gasteiger partial charge on any atom is -0.352 e. The summed E-state index contributed by atoms with van der Waals surface area (Å²) in [5, 5.41) is 5.34. The van der Waals surface area contributed by atoms with Crippen molar-refractivity contribution >= 4 is 33.6 Å². The Hall–Kier alpha value is -1.56. The molecule has 5 nitrogen and oxygen atoms in total. The van der Waals surface area contributed by atoms with E-state index in [0.717, 1.165) is 29.4 Å². The Kier molecular flexibility index (Phi) is 6.95. The van der Waals surface area contributed by atoms with E-state index in [4.69, 9.17) is 5.73 Å². The molecule has 4 N–H and O–H groups in total. The predicted octanol–water partition coefficient (Wildman–Crippen LogP) is 2.62. The highest BCUT2D eigenvalue weighted by Crippen LogP contribution is 2.14. The molecule has 0 aromatic heterocycles. The molecule has 1 aromatic rings. The van der Waals surface area contributed by atoms with Crippen molar-refractivity contribution in [1.29, 1.82) is 0 Å². The average molecular weight is 328 g/mol. The third-order valence-corrected chi connectivity index (χ3v) is 3.04. The number of rotatable bonds is 7. The van der Waals surface area contributed by atoms with Gasteiger partial charge in [-0.2, -0.15) is 0 Å². The number of hydrogen-bond donors (Lipinski definition) is 3. The molecule has 104 valence electrons. The van der Waals surface area contributed by atoms with Crippen LogP contribution in [-0.4, -0.2) is 18.5 Å². The minimum atomic E-state index is -0.506. The van der Waals surface area contributed by atoms with Gasteiger partial charge in [-0.15, -0.1) is 0 Å². The lowest BCUT2D eigenvalue weighted by Gasteiger charge is -2.05. The predicted molar refractivity (Wildman–Crippen MR) is 78.8 cm³/mol. The van der Waals surface area contributed by atoms with E-state index >= 15 is 0 Å². The second kappa shape index (κ2) is 8.53. The smallest absolute Gasteiger partial charge is 0.312 e. The van der Waals surface area contributed by atoms with Gasteiger partial charge < -0.3 is 16.4 Å². The lowest BCUT2D eigenvalue weighted by atomic mass is 10.2. The first-order valence-electron chi connectivity index (χ1n) is 6.16. The first kappa shape index (κ1) is 15.5. The highest BCUT2D eigenvalue weighted by molar-refractivity contribution is 9.10. The summed E-state index contributed by atoms with van der Waals surface area (Å²) in [6.07, 6.45) is 2.98. The molecule has 0 aliphatic rings. The Morgan fingerprint density at radius 1 is 1.11 bits per heavy atom. The van der Waals surface area contributed by atoms with Crippen LogP contribution in [0.5, 0.6) is 0 Å². The largest absolute Gasteiger partial charge is 0.352 e. The molecule has 0 radical (unpaired) electrons. The number of halogens is 1. The van der Waals surface area contributed by atoms with Gasteiger partial charge in [-0.05, 0) is 37.1 Å². The van der Waals surface area contributed by atoms with E-state index in [-0.39, 0.29) is 5.91 Å². The van der Waals surface area contributed by atoms with E-state index in [1.807, 2.05) is 24.3 Å². The summed E-state index contributed by atoms with van der Waals surface area (Å²) in [6.45, 7) is 0.559. The third kappa shape index (κ3) is 7.46. The highest BCUT2D eigenvalue weighted by Gasteiger charge is 2.02. The number of hydrogen-bond acceptors (Lipinski definition) is 2. The molecule has 1 aromatic carbocycles. The molecule has 0 spiro atoms. The summed E-state index contributed by atoms with van der Waals surface area (Å²) in [6, 6.07) is 6.95. The maximum atomic E-state index is 11.6. The standard InChI is InChI=1S/C13H18BrN3O2/c14-10-5-7-11(8-6-10)17-12(18)4-2-1-3-9-16-13(15)19/h5-8H,1-4,9H2,(H,17,18)(H3,15,16,19). The molecule has 0 unspecified atom stereocenters. The van der Waals surface area contributed by atoms with E-state index in [9.17, 15) is 9.59 Å². The number of nitrogens with two attached hydrogens (primary N) is 1. The van der Waals surface area contributed by atoms with Gasteiger partial charge in [0.15, 0.2) is 0 Å². The van der Waals surface area contributed by atoms with Crippen LogP contribution in [0.25, 0.3) is 0 Å². The van der Waals surface area contributed by atoms with E-state index in [0.29, 0.717) is 13.0 Å². The maximum Gasteiger partial charge on any atom is 0.312 e. The number of urea groups is 1. The molecule has 0 saturated carbocycles. The second-order valence-electron chi connectivity index (χ2n) is 4.16. The molecule has 0 fully saturated rings. The van der Waals surface area contributed by atoms with Crippen LogP contribution in [-0.2, 0) is 4.79 Å². The van der Waals surface area contributed by atoms with Crippen molar-refractivity contribution in [2.24, 2.45) is 5.73 Å². The van der Waals surface area contributed by atoms with Crippen LogP contribution >= 0.6 is 15.9 Å². The quantitative estimate of drug-likeness (QED) is 0.672. The fourth-order valence-electron chi connectivity index (χ4n) is 1.56. The SMILES string of the molecule is NC(=O)NCCCCCC(=O)Nc1ccc(Br)cc1. The molecule has 0 atom stereocenters. The van der Waals surface area contributed by atoms with Crippen LogP contribution in [0.4, 0.5) is 10.5 Å².